The monoisotopic (exact) mass is 413 g/mol. The molecule has 2 amide bonds. The number of likely N-dealkylation sites (N-methyl/N-ethyl adjacent to an activating group) is 1. The van der Waals surface area contributed by atoms with Crippen molar-refractivity contribution in [1.82, 2.24) is 9.80 Å². The molecule has 0 saturated heterocycles. The van der Waals surface area contributed by atoms with E-state index in [0.717, 1.165) is 40.1 Å². The van der Waals surface area contributed by atoms with Crippen LogP contribution in [0.1, 0.15) is 36.5 Å². The van der Waals surface area contributed by atoms with Gasteiger partial charge < -0.3 is 10.2 Å². The molecular weight excluding hydrogens is 383 g/mol. The van der Waals surface area contributed by atoms with Crippen molar-refractivity contribution in [3.63, 3.8) is 0 Å². The topological polar surface area (TPSA) is 52.7 Å². The van der Waals surface area contributed by atoms with E-state index in [1.807, 2.05) is 32.9 Å². The molecule has 1 aliphatic rings. The van der Waals surface area contributed by atoms with Gasteiger partial charge in [-0.3, -0.25) is 14.5 Å². The first-order chi connectivity index (χ1) is 13.4. The number of hydrogen-bond acceptors (Lipinski definition) is 3. The third-order valence-electron chi connectivity index (χ3n) is 5.23. The summed E-state index contributed by atoms with van der Waals surface area (Å²) >= 11 is 0. The summed E-state index contributed by atoms with van der Waals surface area (Å²) in [6, 6.07) is 3.47. The number of amides is 2. The van der Waals surface area contributed by atoms with Crippen molar-refractivity contribution >= 4 is 17.5 Å². The first kappa shape index (κ1) is 23.2. The Morgan fingerprint density at radius 1 is 1.14 bits per heavy atom. The van der Waals surface area contributed by atoms with Crippen LogP contribution in [-0.4, -0.2) is 60.5 Å². The van der Waals surface area contributed by atoms with Gasteiger partial charge in [-0.1, -0.05) is 17.7 Å². The van der Waals surface area contributed by atoms with Gasteiger partial charge in [0, 0.05) is 11.7 Å². The molecule has 162 valence electrons. The van der Waals surface area contributed by atoms with Crippen molar-refractivity contribution in [2.75, 3.05) is 32.0 Å². The van der Waals surface area contributed by atoms with E-state index in [4.69, 9.17) is 0 Å². The first-order valence-corrected chi connectivity index (χ1v) is 9.80. The lowest BCUT2D eigenvalue weighted by Gasteiger charge is -2.31. The van der Waals surface area contributed by atoms with Crippen LogP contribution in [0.2, 0.25) is 0 Å². The van der Waals surface area contributed by atoms with E-state index >= 15 is 0 Å². The largest absolute Gasteiger partial charge is 0.406 e. The highest BCUT2D eigenvalue weighted by Gasteiger charge is 2.40. The highest BCUT2D eigenvalue weighted by Crippen LogP contribution is 2.36. The lowest BCUT2D eigenvalue weighted by atomic mass is 10.1. The fourth-order valence-corrected chi connectivity index (χ4v) is 3.66. The summed E-state index contributed by atoms with van der Waals surface area (Å²) in [7, 11) is 1.56. The zero-order valence-electron chi connectivity index (χ0n) is 17.7. The second-order valence-electron chi connectivity index (χ2n) is 8.21. The second kappa shape index (κ2) is 9.15. The van der Waals surface area contributed by atoms with Crippen molar-refractivity contribution in [3.05, 3.63) is 28.8 Å². The molecule has 1 aliphatic carbocycles. The molecule has 1 N–H and O–H groups in total. The molecule has 0 heterocycles. The van der Waals surface area contributed by atoms with E-state index in [-0.39, 0.29) is 24.9 Å². The highest BCUT2D eigenvalue weighted by atomic mass is 19.4. The molecule has 0 radical (unpaired) electrons. The van der Waals surface area contributed by atoms with Crippen LogP contribution < -0.4 is 5.32 Å². The number of alkyl halides is 3. The van der Waals surface area contributed by atoms with E-state index in [1.165, 1.54) is 4.90 Å². The molecule has 1 aromatic carbocycles. The molecule has 1 saturated carbocycles. The Bertz CT molecular complexity index is 737. The van der Waals surface area contributed by atoms with Gasteiger partial charge in [-0.05, 0) is 64.6 Å². The van der Waals surface area contributed by atoms with E-state index < -0.39 is 24.7 Å². The normalized spacial score (nSPS) is 15.3. The number of benzene rings is 1. The highest BCUT2D eigenvalue weighted by molar-refractivity contribution is 5.94. The molecule has 2 rings (SSSR count). The minimum atomic E-state index is -4.45. The van der Waals surface area contributed by atoms with Gasteiger partial charge in [0.25, 0.3) is 0 Å². The van der Waals surface area contributed by atoms with E-state index in [0.29, 0.717) is 0 Å². The van der Waals surface area contributed by atoms with Gasteiger partial charge >= 0.3 is 6.18 Å². The van der Waals surface area contributed by atoms with E-state index in [9.17, 15) is 22.8 Å². The lowest BCUT2D eigenvalue weighted by Crippen LogP contribution is -2.49. The van der Waals surface area contributed by atoms with Gasteiger partial charge in [-0.15, -0.1) is 0 Å². The van der Waals surface area contributed by atoms with Gasteiger partial charge in [0.1, 0.15) is 6.54 Å². The number of halogens is 3. The Morgan fingerprint density at radius 3 is 2.17 bits per heavy atom. The van der Waals surface area contributed by atoms with Gasteiger partial charge in [-0.25, -0.2) is 0 Å². The average Bonchev–Trinajstić information content (AvgIpc) is 3.39. The molecule has 0 aliphatic heterocycles. The van der Waals surface area contributed by atoms with Crippen molar-refractivity contribution in [2.45, 2.75) is 52.8 Å². The van der Waals surface area contributed by atoms with Crippen LogP contribution in [0.4, 0.5) is 18.9 Å². The Morgan fingerprint density at radius 2 is 1.69 bits per heavy atom. The number of carbonyl (C=O) groups excluding carboxylic acids is 2. The van der Waals surface area contributed by atoms with Gasteiger partial charge in [0.15, 0.2) is 0 Å². The maximum Gasteiger partial charge on any atom is 0.406 e. The zero-order chi connectivity index (χ0) is 21.9. The van der Waals surface area contributed by atoms with Crippen LogP contribution in [0.25, 0.3) is 0 Å². The summed E-state index contributed by atoms with van der Waals surface area (Å²) in [6.45, 7) is 5.85. The van der Waals surface area contributed by atoms with Crippen molar-refractivity contribution in [3.8, 4) is 0 Å². The van der Waals surface area contributed by atoms with Crippen molar-refractivity contribution < 1.29 is 22.8 Å². The van der Waals surface area contributed by atoms with Gasteiger partial charge in [0.2, 0.25) is 11.8 Å². The third-order valence-corrected chi connectivity index (χ3v) is 5.23. The van der Waals surface area contributed by atoms with Crippen LogP contribution in [0.3, 0.4) is 0 Å². The summed E-state index contributed by atoms with van der Waals surface area (Å²) in [5.74, 6) is -0.796. The zero-order valence-corrected chi connectivity index (χ0v) is 17.7. The molecule has 0 aromatic heterocycles. The molecule has 29 heavy (non-hydrogen) atoms. The summed E-state index contributed by atoms with van der Waals surface area (Å²) in [4.78, 5) is 27.3. The minimum Gasteiger partial charge on any atom is -0.329 e. The van der Waals surface area contributed by atoms with Crippen molar-refractivity contribution in [2.24, 2.45) is 5.92 Å². The predicted molar refractivity (Wildman–Crippen MR) is 107 cm³/mol. The number of carbonyl (C=O) groups is 2. The molecule has 0 unspecified atom stereocenters. The molecule has 5 nitrogen and oxygen atoms in total. The van der Waals surface area contributed by atoms with Crippen LogP contribution in [0, 0.1) is 26.7 Å². The molecule has 1 aromatic rings. The van der Waals surface area contributed by atoms with E-state index in [1.54, 1.807) is 14.0 Å². The van der Waals surface area contributed by atoms with Crippen LogP contribution in [0.15, 0.2) is 12.1 Å². The first-order valence-electron chi connectivity index (χ1n) is 9.80. The fourth-order valence-electron chi connectivity index (χ4n) is 3.66. The quantitative estimate of drug-likeness (QED) is 0.708. The number of aryl methyl sites for hydroxylation is 3. The standard InChI is InChI=1S/C21H30F3N3O2/c1-13-8-14(2)20(15(3)9-13)25-18(28)10-26(5)11-19(29)27(12-21(22,23)24)16(4)17-6-7-17/h8-9,16-17H,6-7,10-12H2,1-5H3,(H,25,28)/t16-/m1/s1. The number of anilines is 1. The molecular formula is C21H30F3N3O2. The molecule has 0 bridgehead atoms. The van der Waals surface area contributed by atoms with Crippen LogP contribution >= 0.6 is 0 Å². The van der Waals surface area contributed by atoms with E-state index in [2.05, 4.69) is 5.32 Å². The lowest BCUT2D eigenvalue weighted by molar-refractivity contribution is -0.166. The Balaban J connectivity index is 1.96. The number of nitrogens with one attached hydrogen (secondary N) is 1. The smallest absolute Gasteiger partial charge is 0.329 e. The average molecular weight is 413 g/mol. The number of nitrogens with zero attached hydrogens (tertiary/aromatic N) is 2. The number of rotatable bonds is 8. The second-order valence-corrected chi connectivity index (χ2v) is 8.21. The molecule has 1 fully saturated rings. The molecule has 8 heteroatoms. The summed E-state index contributed by atoms with van der Waals surface area (Å²) in [5, 5.41) is 2.84. The van der Waals surface area contributed by atoms with Crippen LogP contribution in [-0.2, 0) is 9.59 Å². The van der Waals surface area contributed by atoms with Crippen molar-refractivity contribution in [1.29, 1.82) is 0 Å². The third kappa shape index (κ3) is 7.03. The van der Waals surface area contributed by atoms with Gasteiger partial charge in [0.05, 0.1) is 13.1 Å². The fraction of sp³-hybridized carbons (Fsp3) is 0.619. The molecule has 0 spiro atoms. The minimum absolute atomic E-state index is 0.0871. The number of hydrogen-bond donors (Lipinski definition) is 1. The summed E-state index contributed by atoms with van der Waals surface area (Å²) in [6.07, 6.45) is -2.76. The maximum atomic E-state index is 12.9. The Hall–Kier alpha value is -2.09. The Kier molecular flexibility index (Phi) is 7.32. The SMILES string of the molecule is Cc1cc(C)c(NC(=O)CN(C)CC(=O)N(CC(F)(F)F)[C@H](C)C2CC2)c(C)c1. The van der Waals surface area contributed by atoms with Crippen LogP contribution in [0.5, 0.6) is 0 Å². The maximum absolute atomic E-state index is 12.9. The van der Waals surface area contributed by atoms with Gasteiger partial charge in [-0.2, -0.15) is 13.2 Å². The predicted octanol–water partition coefficient (Wildman–Crippen LogP) is 3.67. The summed E-state index contributed by atoms with van der Waals surface area (Å²) < 4.78 is 38.8. The molecule has 1 atom stereocenters. The Labute approximate surface area is 170 Å². The summed E-state index contributed by atoms with van der Waals surface area (Å²) in [5.41, 5.74) is 3.69.